The predicted octanol–water partition coefficient (Wildman–Crippen LogP) is 4.40. The second-order valence-electron chi connectivity index (χ2n) is 4.91. The van der Waals surface area contributed by atoms with E-state index in [-0.39, 0.29) is 11.7 Å². The van der Waals surface area contributed by atoms with Crippen LogP contribution in [0.4, 0.5) is 4.39 Å². The van der Waals surface area contributed by atoms with Crippen LogP contribution in [-0.4, -0.2) is 0 Å². The van der Waals surface area contributed by atoms with Crippen LogP contribution in [0.3, 0.4) is 0 Å². The van der Waals surface area contributed by atoms with E-state index < -0.39 is 0 Å². The van der Waals surface area contributed by atoms with Crippen molar-refractivity contribution in [3.8, 4) is 6.07 Å². The van der Waals surface area contributed by atoms with Gasteiger partial charge in [0.2, 0.25) is 0 Å². The molecular formula is C15H18FN. The van der Waals surface area contributed by atoms with Crippen molar-refractivity contribution in [2.45, 2.75) is 44.4 Å². The second-order valence-corrected chi connectivity index (χ2v) is 4.91. The van der Waals surface area contributed by atoms with Gasteiger partial charge >= 0.3 is 0 Å². The molecule has 1 atom stereocenters. The summed E-state index contributed by atoms with van der Waals surface area (Å²) in [6.45, 7) is 0. The van der Waals surface area contributed by atoms with E-state index in [0.29, 0.717) is 5.92 Å². The van der Waals surface area contributed by atoms with Crippen LogP contribution in [0.15, 0.2) is 24.3 Å². The molecule has 1 aliphatic carbocycles. The SMILES string of the molecule is N#CC(c1ccc(F)cc1)C1CCCCCC1. The molecule has 1 aromatic rings. The van der Waals surface area contributed by atoms with Crippen LogP contribution in [0.1, 0.15) is 50.0 Å². The van der Waals surface area contributed by atoms with E-state index >= 15 is 0 Å². The summed E-state index contributed by atoms with van der Waals surface area (Å²) < 4.78 is 12.9. The van der Waals surface area contributed by atoms with Gasteiger partial charge in [-0.25, -0.2) is 4.39 Å². The molecular weight excluding hydrogens is 213 g/mol. The summed E-state index contributed by atoms with van der Waals surface area (Å²) in [5, 5.41) is 9.35. The largest absolute Gasteiger partial charge is 0.207 e. The highest BCUT2D eigenvalue weighted by molar-refractivity contribution is 5.26. The zero-order chi connectivity index (χ0) is 12.1. The maximum absolute atomic E-state index is 12.9. The van der Waals surface area contributed by atoms with Crippen LogP contribution in [0.5, 0.6) is 0 Å². The molecule has 17 heavy (non-hydrogen) atoms. The molecule has 1 unspecified atom stereocenters. The van der Waals surface area contributed by atoms with Crippen LogP contribution in [-0.2, 0) is 0 Å². The molecule has 0 bridgehead atoms. The van der Waals surface area contributed by atoms with E-state index in [0.717, 1.165) is 18.4 Å². The zero-order valence-electron chi connectivity index (χ0n) is 10.0. The van der Waals surface area contributed by atoms with Crippen molar-refractivity contribution in [1.82, 2.24) is 0 Å². The van der Waals surface area contributed by atoms with Crippen molar-refractivity contribution in [2.24, 2.45) is 5.92 Å². The quantitative estimate of drug-likeness (QED) is 0.692. The summed E-state index contributed by atoms with van der Waals surface area (Å²) in [7, 11) is 0. The minimum atomic E-state index is -0.230. The Hall–Kier alpha value is -1.36. The lowest BCUT2D eigenvalue weighted by Crippen LogP contribution is -2.10. The molecule has 0 N–H and O–H groups in total. The van der Waals surface area contributed by atoms with Crippen molar-refractivity contribution < 1.29 is 4.39 Å². The first-order chi connectivity index (χ1) is 8.31. The topological polar surface area (TPSA) is 23.8 Å². The number of nitriles is 1. The number of hydrogen-bond donors (Lipinski definition) is 0. The van der Waals surface area contributed by atoms with Crippen molar-refractivity contribution in [1.29, 1.82) is 5.26 Å². The van der Waals surface area contributed by atoms with Crippen molar-refractivity contribution in [3.63, 3.8) is 0 Å². The van der Waals surface area contributed by atoms with Crippen LogP contribution in [0.25, 0.3) is 0 Å². The van der Waals surface area contributed by atoms with E-state index in [1.165, 1.54) is 37.8 Å². The first kappa shape index (κ1) is 12.1. The van der Waals surface area contributed by atoms with E-state index in [4.69, 9.17) is 0 Å². The molecule has 0 aromatic heterocycles. The van der Waals surface area contributed by atoms with Gasteiger partial charge in [0.05, 0.1) is 12.0 Å². The van der Waals surface area contributed by atoms with Crippen LogP contribution >= 0.6 is 0 Å². The van der Waals surface area contributed by atoms with Crippen molar-refractivity contribution in [2.75, 3.05) is 0 Å². The fourth-order valence-electron chi connectivity index (χ4n) is 2.77. The highest BCUT2D eigenvalue weighted by Gasteiger charge is 2.23. The third-order valence-corrected chi connectivity index (χ3v) is 3.74. The molecule has 1 fully saturated rings. The van der Waals surface area contributed by atoms with Gasteiger partial charge in [0.15, 0.2) is 0 Å². The standard InChI is InChI=1S/C15H18FN/c16-14-9-7-13(8-10-14)15(11-17)12-5-3-1-2-4-6-12/h7-10,12,15H,1-6H2. The summed E-state index contributed by atoms with van der Waals surface area (Å²) in [5.41, 5.74) is 0.973. The van der Waals surface area contributed by atoms with Gasteiger partial charge in [-0.3, -0.25) is 0 Å². The molecule has 1 aliphatic rings. The summed E-state index contributed by atoms with van der Waals surface area (Å²) >= 11 is 0. The fraction of sp³-hybridized carbons (Fsp3) is 0.533. The summed E-state index contributed by atoms with van der Waals surface area (Å²) in [4.78, 5) is 0. The molecule has 0 heterocycles. The van der Waals surface area contributed by atoms with Crippen LogP contribution < -0.4 is 0 Å². The Balaban J connectivity index is 2.15. The smallest absolute Gasteiger partial charge is 0.123 e. The molecule has 0 saturated heterocycles. The Morgan fingerprint density at radius 1 is 1.06 bits per heavy atom. The number of benzene rings is 1. The molecule has 2 rings (SSSR count). The maximum atomic E-state index is 12.9. The van der Waals surface area contributed by atoms with Gasteiger partial charge in [0.25, 0.3) is 0 Å². The second kappa shape index (κ2) is 5.82. The fourth-order valence-corrected chi connectivity index (χ4v) is 2.77. The Bertz CT molecular complexity index is 382. The number of halogens is 1. The molecule has 90 valence electrons. The van der Waals surface area contributed by atoms with Crippen molar-refractivity contribution >= 4 is 0 Å². The highest BCUT2D eigenvalue weighted by Crippen LogP contribution is 2.34. The molecule has 0 aliphatic heterocycles. The van der Waals surface area contributed by atoms with Gasteiger partial charge in [0, 0.05) is 0 Å². The lowest BCUT2D eigenvalue weighted by Gasteiger charge is -2.20. The van der Waals surface area contributed by atoms with E-state index in [1.807, 2.05) is 0 Å². The minimum Gasteiger partial charge on any atom is -0.207 e. The van der Waals surface area contributed by atoms with E-state index in [2.05, 4.69) is 6.07 Å². The van der Waals surface area contributed by atoms with Gasteiger partial charge in [-0.1, -0.05) is 37.8 Å². The van der Waals surface area contributed by atoms with Gasteiger partial charge in [-0.15, -0.1) is 0 Å². The highest BCUT2D eigenvalue weighted by atomic mass is 19.1. The molecule has 0 radical (unpaired) electrons. The Morgan fingerprint density at radius 2 is 1.65 bits per heavy atom. The number of hydrogen-bond acceptors (Lipinski definition) is 1. The van der Waals surface area contributed by atoms with Crippen LogP contribution in [0.2, 0.25) is 0 Å². The normalized spacial score (nSPS) is 19.3. The van der Waals surface area contributed by atoms with E-state index in [9.17, 15) is 9.65 Å². The van der Waals surface area contributed by atoms with Gasteiger partial charge in [0.1, 0.15) is 5.82 Å². The Kier molecular flexibility index (Phi) is 4.14. The van der Waals surface area contributed by atoms with E-state index in [1.54, 1.807) is 12.1 Å². The molecule has 1 aromatic carbocycles. The molecule has 2 heteroatoms. The monoisotopic (exact) mass is 231 g/mol. The van der Waals surface area contributed by atoms with Gasteiger partial charge < -0.3 is 0 Å². The predicted molar refractivity (Wildman–Crippen MR) is 65.9 cm³/mol. The molecule has 1 nitrogen and oxygen atoms in total. The maximum Gasteiger partial charge on any atom is 0.123 e. The molecule has 1 saturated carbocycles. The molecule has 0 spiro atoms. The Morgan fingerprint density at radius 3 is 2.18 bits per heavy atom. The van der Waals surface area contributed by atoms with Crippen molar-refractivity contribution in [3.05, 3.63) is 35.6 Å². The zero-order valence-corrected chi connectivity index (χ0v) is 10.0. The first-order valence-electron chi connectivity index (χ1n) is 6.46. The minimum absolute atomic E-state index is 0.0614. The third-order valence-electron chi connectivity index (χ3n) is 3.74. The van der Waals surface area contributed by atoms with Crippen LogP contribution in [0, 0.1) is 23.1 Å². The molecule has 0 amide bonds. The average molecular weight is 231 g/mol. The summed E-state index contributed by atoms with van der Waals surface area (Å²) in [6.07, 6.45) is 7.30. The lowest BCUT2D eigenvalue weighted by molar-refractivity contribution is 0.424. The summed E-state index contributed by atoms with van der Waals surface area (Å²) in [5.74, 6) is 0.160. The Labute approximate surface area is 102 Å². The lowest BCUT2D eigenvalue weighted by atomic mass is 9.82. The number of rotatable bonds is 2. The summed E-state index contributed by atoms with van der Waals surface area (Å²) in [6, 6.07) is 8.84. The van der Waals surface area contributed by atoms with Gasteiger partial charge in [-0.2, -0.15) is 5.26 Å². The van der Waals surface area contributed by atoms with Gasteiger partial charge in [-0.05, 0) is 36.5 Å². The average Bonchev–Trinajstić information content (AvgIpc) is 2.62. The third kappa shape index (κ3) is 3.06. The first-order valence-corrected chi connectivity index (χ1v) is 6.46. The number of nitrogens with zero attached hydrogens (tertiary/aromatic N) is 1.